The van der Waals surface area contributed by atoms with Crippen LogP contribution in [-0.4, -0.2) is 43.2 Å². The Bertz CT molecular complexity index is 325. The topological polar surface area (TPSA) is 50.8 Å². The van der Waals surface area contributed by atoms with E-state index >= 15 is 0 Å². The molecule has 1 rings (SSSR count). The van der Waals surface area contributed by atoms with Gasteiger partial charge in [0, 0.05) is 12.5 Å². The van der Waals surface area contributed by atoms with Gasteiger partial charge in [0.25, 0.3) is 0 Å². The third-order valence-corrected chi connectivity index (χ3v) is 3.46. The van der Waals surface area contributed by atoms with Crippen molar-refractivity contribution in [3.63, 3.8) is 0 Å². The molecule has 0 amide bonds. The molecule has 0 saturated carbocycles. The highest BCUT2D eigenvalue weighted by Gasteiger charge is 2.25. The third-order valence-electron chi connectivity index (χ3n) is 3.46. The molecular weight excluding hydrogens is 244 g/mol. The maximum absolute atomic E-state index is 11.8. The van der Waals surface area contributed by atoms with Crippen molar-refractivity contribution in [2.24, 2.45) is 0 Å². The van der Waals surface area contributed by atoms with Crippen LogP contribution < -0.4 is 5.48 Å². The standard InChI is InChI=1S/C14H26N2O3/c1-5-16(6-2)9-8-12-10-13(11(4)19-15-12)14(17)18-7-3/h12,15H,5-10H2,1-4H3. The average molecular weight is 270 g/mol. The fraction of sp³-hybridized carbons (Fsp3) is 0.786. The molecule has 0 bridgehead atoms. The Morgan fingerprint density at radius 3 is 2.68 bits per heavy atom. The molecule has 1 aliphatic heterocycles. The summed E-state index contributed by atoms with van der Waals surface area (Å²) in [5, 5.41) is 0. The van der Waals surface area contributed by atoms with Crippen LogP contribution in [0.3, 0.4) is 0 Å². The van der Waals surface area contributed by atoms with E-state index in [1.54, 1.807) is 6.92 Å². The van der Waals surface area contributed by atoms with Gasteiger partial charge in [0.2, 0.25) is 0 Å². The Morgan fingerprint density at radius 2 is 2.11 bits per heavy atom. The summed E-state index contributed by atoms with van der Waals surface area (Å²) in [7, 11) is 0. The van der Waals surface area contributed by atoms with Crippen LogP contribution in [0.5, 0.6) is 0 Å². The highest BCUT2D eigenvalue weighted by Crippen LogP contribution is 2.20. The van der Waals surface area contributed by atoms with Gasteiger partial charge in [-0.05, 0) is 39.9 Å². The number of hydroxylamine groups is 1. The highest BCUT2D eigenvalue weighted by atomic mass is 16.7. The number of allylic oxidation sites excluding steroid dienone is 1. The summed E-state index contributed by atoms with van der Waals surface area (Å²) >= 11 is 0. The first-order chi connectivity index (χ1) is 9.12. The van der Waals surface area contributed by atoms with Crippen molar-refractivity contribution in [2.75, 3.05) is 26.2 Å². The fourth-order valence-corrected chi connectivity index (χ4v) is 2.15. The summed E-state index contributed by atoms with van der Waals surface area (Å²) in [5.41, 5.74) is 3.66. The van der Waals surface area contributed by atoms with Crippen LogP contribution in [0, 0.1) is 0 Å². The molecule has 5 heteroatoms. The molecule has 1 heterocycles. The van der Waals surface area contributed by atoms with E-state index in [2.05, 4.69) is 24.2 Å². The summed E-state index contributed by atoms with van der Waals surface area (Å²) in [6.45, 7) is 11.4. The van der Waals surface area contributed by atoms with Gasteiger partial charge in [-0.3, -0.25) is 0 Å². The fourth-order valence-electron chi connectivity index (χ4n) is 2.15. The first kappa shape index (κ1) is 16.0. The van der Waals surface area contributed by atoms with E-state index in [1.807, 2.05) is 6.92 Å². The van der Waals surface area contributed by atoms with E-state index in [9.17, 15) is 4.79 Å². The normalized spacial score (nSPS) is 19.5. The minimum Gasteiger partial charge on any atom is -0.463 e. The largest absolute Gasteiger partial charge is 0.463 e. The van der Waals surface area contributed by atoms with Gasteiger partial charge < -0.3 is 14.5 Å². The first-order valence-corrected chi connectivity index (χ1v) is 7.13. The molecule has 0 aliphatic carbocycles. The van der Waals surface area contributed by atoms with E-state index in [-0.39, 0.29) is 12.0 Å². The lowest BCUT2D eigenvalue weighted by Crippen LogP contribution is -2.38. The minimum atomic E-state index is -0.255. The van der Waals surface area contributed by atoms with Crippen molar-refractivity contribution in [2.45, 2.75) is 46.6 Å². The van der Waals surface area contributed by atoms with E-state index in [0.717, 1.165) is 26.1 Å². The maximum Gasteiger partial charge on any atom is 0.337 e. The van der Waals surface area contributed by atoms with Crippen LogP contribution in [0.15, 0.2) is 11.3 Å². The van der Waals surface area contributed by atoms with Crippen molar-refractivity contribution in [1.29, 1.82) is 0 Å². The van der Waals surface area contributed by atoms with Crippen LogP contribution in [0.2, 0.25) is 0 Å². The summed E-state index contributed by atoms with van der Waals surface area (Å²) < 4.78 is 5.05. The Hall–Kier alpha value is -1.07. The molecule has 1 N–H and O–H groups in total. The van der Waals surface area contributed by atoms with Crippen LogP contribution in [-0.2, 0) is 14.4 Å². The van der Waals surface area contributed by atoms with E-state index in [1.165, 1.54) is 0 Å². The van der Waals surface area contributed by atoms with Crippen LogP contribution in [0.1, 0.15) is 40.5 Å². The molecular formula is C14H26N2O3. The molecule has 1 aliphatic rings. The number of hydrogen-bond acceptors (Lipinski definition) is 5. The van der Waals surface area contributed by atoms with Gasteiger partial charge in [0.15, 0.2) is 0 Å². The number of ether oxygens (including phenoxy) is 1. The highest BCUT2D eigenvalue weighted by molar-refractivity contribution is 5.89. The second-order valence-corrected chi connectivity index (χ2v) is 4.69. The molecule has 0 aromatic carbocycles. The summed E-state index contributed by atoms with van der Waals surface area (Å²) in [6.07, 6.45) is 1.63. The first-order valence-electron chi connectivity index (χ1n) is 7.13. The molecule has 19 heavy (non-hydrogen) atoms. The van der Waals surface area contributed by atoms with Gasteiger partial charge in [0.1, 0.15) is 5.76 Å². The lowest BCUT2D eigenvalue weighted by Gasteiger charge is -2.28. The van der Waals surface area contributed by atoms with Gasteiger partial charge >= 0.3 is 5.97 Å². The minimum absolute atomic E-state index is 0.170. The van der Waals surface area contributed by atoms with Crippen molar-refractivity contribution < 1.29 is 14.4 Å². The zero-order valence-corrected chi connectivity index (χ0v) is 12.5. The Labute approximate surface area is 115 Å². The van der Waals surface area contributed by atoms with E-state index < -0.39 is 0 Å². The average Bonchev–Trinajstić information content (AvgIpc) is 2.41. The summed E-state index contributed by atoms with van der Waals surface area (Å²) in [6, 6.07) is 0.170. The predicted octanol–water partition coefficient (Wildman–Crippen LogP) is 1.85. The maximum atomic E-state index is 11.8. The number of esters is 1. The van der Waals surface area contributed by atoms with E-state index in [4.69, 9.17) is 9.57 Å². The number of rotatable bonds is 7. The SMILES string of the molecule is CCOC(=O)C1=C(C)ONC(CCN(CC)CC)C1. The quantitative estimate of drug-likeness (QED) is 0.715. The number of hydrogen-bond donors (Lipinski definition) is 1. The Kier molecular flexibility index (Phi) is 6.87. The number of nitrogens with one attached hydrogen (secondary N) is 1. The van der Waals surface area contributed by atoms with Gasteiger partial charge in [-0.2, -0.15) is 5.48 Å². The summed E-state index contributed by atoms with van der Waals surface area (Å²) in [5.74, 6) is 0.367. The van der Waals surface area contributed by atoms with Crippen LogP contribution in [0.4, 0.5) is 0 Å². The summed E-state index contributed by atoms with van der Waals surface area (Å²) in [4.78, 5) is 19.5. The van der Waals surface area contributed by atoms with Gasteiger partial charge in [-0.15, -0.1) is 0 Å². The number of carbonyl (C=O) groups is 1. The molecule has 0 radical (unpaired) electrons. The predicted molar refractivity (Wildman–Crippen MR) is 74.4 cm³/mol. The Balaban J connectivity index is 2.51. The van der Waals surface area contributed by atoms with Gasteiger partial charge in [-0.1, -0.05) is 13.8 Å². The zero-order valence-electron chi connectivity index (χ0n) is 12.5. The van der Waals surface area contributed by atoms with Crippen molar-refractivity contribution in [1.82, 2.24) is 10.4 Å². The van der Waals surface area contributed by atoms with Gasteiger partial charge in [-0.25, -0.2) is 4.79 Å². The molecule has 1 atom stereocenters. The Morgan fingerprint density at radius 1 is 1.42 bits per heavy atom. The number of carbonyl (C=O) groups excluding carboxylic acids is 1. The second kappa shape index (κ2) is 8.17. The molecule has 1 unspecified atom stereocenters. The monoisotopic (exact) mass is 270 g/mol. The third kappa shape index (κ3) is 4.84. The molecule has 0 aromatic rings. The molecule has 5 nitrogen and oxygen atoms in total. The van der Waals surface area contributed by atoms with Crippen molar-refractivity contribution >= 4 is 5.97 Å². The molecule has 0 spiro atoms. The second-order valence-electron chi connectivity index (χ2n) is 4.69. The van der Waals surface area contributed by atoms with Crippen LogP contribution in [0.25, 0.3) is 0 Å². The lowest BCUT2D eigenvalue weighted by molar-refractivity contribution is -0.139. The van der Waals surface area contributed by atoms with Gasteiger partial charge in [0.05, 0.1) is 12.2 Å². The van der Waals surface area contributed by atoms with Crippen molar-refractivity contribution in [3.8, 4) is 0 Å². The molecule has 110 valence electrons. The molecule has 0 fully saturated rings. The van der Waals surface area contributed by atoms with Crippen molar-refractivity contribution in [3.05, 3.63) is 11.3 Å². The van der Waals surface area contributed by atoms with E-state index in [0.29, 0.717) is 24.4 Å². The lowest BCUT2D eigenvalue weighted by atomic mass is 10.0. The molecule has 0 aromatic heterocycles. The molecule has 0 saturated heterocycles. The zero-order chi connectivity index (χ0) is 14.3. The smallest absolute Gasteiger partial charge is 0.337 e. The van der Waals surface area contributed by atoms with Crippen LogP contribution >= 0.6 is 0 Å². The number of nitrogens with zero attached hydrogens (tertiary/aromatic N) is 1.